The number of nitrogens with one attached hydrogen (secondary N) is 1. The zero-order valence-corrected chi connectivity index (χ0v) is 19.8. The number of carbonyl (C=O) groups excluding carboxylic acids is 1. The summed E-state index contributed by atoms with van der Waals surface area (Å²) >= 11 is 3.39. The molecule has 4 rings (SSSR count). The molecule has 4 aromatic rings. The van der Waals surface area contributed by atoms with Gasteiger partial charge in [-0.05, 0) is 62.7 Å². The number of aromatic nitrogens is 2. The molecule has 0 aliphatic carbocycles. The van der Waals surface area contributed by atoms with Crippen molar-refractivity contribution in [1.82, 2.24) is 9.78 Å². The van der Waals surface area contributed by atoms with Gasteiger partial charge in [0.15, 0.2) is 5.76 Å². The molecule has 0 aliphatic heterocycles. The number of benzene rings is 2. The standard InChI is InChI=1S/C25H24BrN3O3/c1-16-4-6-19(7-5-16)14-29-18(3)24(17(2)28-29)27-25(30)23-13-12-22(32-23)15-31-21-10-8-20(26)9-11-21/h4-13H,14-15H2,1-3H3,(H,27,30). The summed E-state index contributed by atoms with van der Waals surface area (Å²) in [4.78, 5) is 12.8. The summed E-state index contributed by atoms with van der Waals surface area (Å²) in [6.07, 6.45) is 0. The molecule has 2 heterocycles. The third-order valence-corrected chi connectivity index (χ3v) is 5.68. The predicted molar refractivity (Wildman–Crippen MR) is 127 cm³/mol. The fourth-order valence-electron chi connectivity index (χ4n) is 3.34. The lowest BCUT2D eigenvalue weighted by Crippen LogP contribution is -2.12. The van der Waals surface area contributed by atoms with Crippen molar-refractivity contribution in [3.05, 3.63) is 99.2 Å². The monoisotopic (exact) mass is 493 g/mol. The van der Waals surface area contributed by atoms with Crippen LogP contribution >= 0.6 is 15.9 Å². The highest BCUT2D eigenvalue weighted by atomic mass is 79.9. The Morgan fingerprint density at radius 2 is 1.75 bits per heavy atom. The number of hydrogen-bond acceptors (Lipinski definition) is 4. The highest BCUT2D eigenvalue weighted by Gasteiger charge is 2.18. The van der Waals surface area contributed by atoms with E-state index in [1.165, 1.54) is 5.56 Å². The van der Waals surface area contributed by atoms with Gasteiger partial charge in [0.1, 0.15) is 18.1 Å². The second-order valence-electron chi connectivity index (χ2n) is 7.65. The molecule has 0 spiro atoms. The molecule has 1 amide bonds. The summed E-state index contributed by atoms with van der Waals surface area (Å²) in [5, 5.41) is 7.54. The van der Waals surface area contributed by atoms with Crippen LogP contribution in [-0.2, 0) is 13.2 Å². The normalized spacial score (nSPS) is 10.9. The van der Waals surface area contributed by atoms with E-state index in [9.17, 15) is 4.79 Å². The molecule has 0 saturated carbocycles. The zero-order chi connectivity index (χ0) is 22.7. The average molecular weight is 494 g/mol. The molecule has 0 bridgehead atoms. The number of aryl methyl sites for hydroxylation is 2. The van der Waals surface area contributed by atoms with Gasteiger partial charge < -0.3 is 14.5 Å². The Balaban J connectivity index is 1.41. The van der Waals surface area contributed by atoms with Crippen molar-refractivity contribution in [1.29, 1.82) is 0 Å². The van der Waals surface area contributed by atoms with Gasteiger partial charge in [-0.1, -0.05) is 45.8 Å². The lowest BCUT2D eigenvalue weighted by molar-refractivity contribution is 0.0992. The van der Waals surface area contributed by atoms with E-state index in [1.54, 1.807) is 12.1 Å². The van der Waals surface area contributed by atoms with Gasteiger partial charge in [0.25, 0.3) is 5.91 Å². The van der Waals surface area contributed by atoms with Crippen molar-refractivity contribution in [2.24, 2.45) is 0 Å². The maximum Gasteiger partial charge on any atom is 0.291 e. The number of amides is 1. The van der Waals surface area contributed by atoms with Gasteiger partial charge in [-0.2, -0.15) is 5.10 Å². The first-order chi connectivity index (χ1) is 15.4. The van der Waals surface area contributed by atoms with Gasteiger partial charge in [-0.3, -0.25) is 9.48 Å². The molecule has 2 aromatic heterocycles. The van der Waals surface area contributed by atoms with Gasteiger partial charge in [0.2, 0.25) is 0 Å². The number of furan rings is 1. The van der Waals surface area contributed by atoms with Crippen LogP contribution in [0, 0.1) is 20.8 Å². The molecular formula is C25H24BrN3O3. The molecule has 6 nitrogen and oxygen atoms in total. The van der Waals surface area contributed by atoms with Gasteiger partial charge in [0, 0.05) is 4.47 Å². The highest BCUT2D eigenvalue weighted by molar-refractivity contribution is 9.10. The summed E-state index contributed by atoms with van der Waals surface area (Å²) in [7, 11) is 0. The number of nitrogens with zero attached hydrogens (tertiary/aromatic N) is 2. The van der Waals surface area contributed by atoms with E-state index >= 15 is 0 Å². The van der Waals surface area contributed by atoms with Crippen LogP contribution in [0.4, 0.5) is 5.69 Å². The molecule has 2 aromatic carbocycles. The third-order valence-electron chi connectivity index (χ3n) is 5.15. The van der Waals surface area contributed by atoms with E-state index in [-0.39, 0.29) is 18.3 Å². The zero-order valence-electron chi connectivity index (χ0n) is 18.2. The largest absolute Gasteiger partial charge is 0.486 e. The summed E-state index contributed by atoms with van der Waals surface area (Å²) in [5.74, 6) is 1.20. The fraction of sp³-hybridized carbons (Fsp3) is 0.200. The molecule has 0 radical (unpaired) electrons. The SMILES string of the molecule is Cc1ccc(Cn2nc(C)c(NC(=O)c3ccc(COc4ccc(Br)cc4)o3)c2C)cc1. The van der Waals surface area contributed by atoms with Crippen LogP contribution in [0.5, 0.6) is 5.75 Å². The van der Waals surface area contributed by atoms with E-state index in [0.29, 0.717) is 18.0 Å². The van der Waals surface area contributed by atoms with E-state index < -0.39 is 0 Å². The number of halogens is 1. The minimum Gasteiger partial charge on any atom is -0.486 e. The Morgan fingerprint density at radius 3 is 2.47 bits per heavy atom. The maximum absolute atomic E-state index is 12.8. The first kappa shape index (κ1) is 21.9. The Kier molecular flexibility index (Phi) is 6.46. The van der Waals surface area contributed by atoms with Gasteiger partial charge in [0.05, 0.1) is 23.6 Å². The minimum atomic E-state index is -0.319. The van der Waals surface area contributed by atoms with Crippen LogP contribution in [0.1, 0.15) is 38.8 Å². The molecule has 0 aliphatic rings. The van der Waals surface area contributed by atoms with Crippen LogP contribution in [0.25, 0.3) is 0 Å². The summed E-state index contributed by atoms with van der Waals surface area (Å²) in [6.45, 7) is 6.77. The molecule has 0 unspecified atom stereocenters. The fourth-order valence-corrected chi connectivity index (χ4v) is 3.60. The van der Waals surface area contributed by atoms with Crippen LogP contribution in [-0.4, -0.2) is 15.7 Å². The molecule has 7 heteroatoms. The first-order valence-electron chi connectivity index (χ1n) is 10.3. The van der Waals surface area contributed by atoms with Crippen molar-refractivity contribution in [2.75, 3.05) is 5.32 Å². The van der Waals surface area contributed by atoms with E-state index in [4.69, 9.17) is 9.15 Å². The molecular weight excluding hydrogens is 470 g/mol. The second kappa shape index (κ2) is 9.44. The molecule has 0 atom stereocenters. The summed E-state index contributed by atoms with van der Waals surface area (Å²) in [6, 6.07) is 19.3. The Labute approximate surface area is 195 Å². The molecule has 32 heavy (non-hydrogen) atoms. The van der Waals surface area contributed by atoms with E-state index in [0.717, 1.165) is 27.2 Å². The number of ether oxygens (including phenoxy) is 1. The highest BCUT2D eigenvalue weighted by Crippen LogP contribution is 2.23. The van der Waals surface area contributed by atoms with Crippen molar-refractivity contribution >= 4 is 27.5 Å². The summed E-state index contributed by atoms with van der Waals surface area (Å²) in [5.41, 5.74) is 4.72. The smallest absolute Gasteiger partial charge is 0.291 e. The number of carbonyl (C=O) groups is 1. The Hall–Kier alpha value is -3.32. The summed E-state index contributed by atoms with van der Waals surface area (Å²) < 4.78 is 14.3. The number of anilines is 1. The van der Waals surface area contributed by atoms with Crippen LogP contribution in [0.2, 0.25) is 0 Å². The lowest BCUT2D eigenvalue weighted by atomic mass is 10.1. The molecule has 0 saturated heterocycles. The average Bonchev–Trinajstić information content (AvgIpc) is 3.35. The Morgan fingerprint density at radius 1 is 1.03 bits per heavy atom. The van der Waals surface area contributed by atoms with Crippen molar-refractivity contribution in [3.8, 4) is 5.75 Å². The van der Waals surface area contributed by atoms with Crippen LogP contribution in [0.15, 0.2) is 69.6 Å². The third kappa shape index (κ3) is 5.11. The Bertz CT molecular complexity index is 1220. The maximum atomic E-state index is 12.8. The molecule has 164 valence electrons. The van der Waals surface area contributed by atoms with Crippen LogP contribution in [0.3, 0.4) is 0 Å². The van der Waals surface area contributed by atoms with Gasteiger partial charge >= 0.3 is 0 Å². The van der Waals surface area contributed by atoms with E-state index in [1.807, 2.05) is 42.8 Å². The van der Waals surface area contributed by atoms with Crippen LogP contribution < -0.4 is 10.1 Å². The van der Waals surface area contributed by atoms with Crippen molar-refractivity contribution < 1.29 is 13.9 Å². The number of hydrogen-bond donors (Lipinski definition) is 1. The quantitative estimate of drug-likeness (QED) is 0.340. The molecule has 0 fully saturated rings. The van der Waals surface area contributed by atoms with Crippen molar-refractivity contribution in [2.45, 2.75) is 33.9 Å². The first-order valence-corrected chi connectivity index (χ1v) is 11.1. The second-order valence-corrected chi connectivity index (χ2v) is 8.57. The minimum absolute atomic E-state index is 0.226. The van der Waals surface area contributed by atoms with Crippen molar-refractivity contribution in [3.63, 3.8) is 0 Å². The molecule has 1 N–H and O–H groups in total. The number of rotatable bonds is 7. The topological polar surface area (TPSA) is 69.3 Å². The predicted octanol–water partition coefficient (Wildman–Crippen LogP) is 6.04. The van der Waals surface area contributed by atoms with Gasteiger partial charge in [-0.25, -0.2) is 0 Å². The lowest BCUT2D eigenvalue weighted by Gasteiger charge is -2.07. The van der Waals surface area contributed by atoms with E-state index in [2.05, 4.69) is 57.5 Å². The van der Waals surface area contributed by atoms with Gasteiger partial charge in [-0.15, -0.1) is 0 Å².